The Morgan fingerprint density at radius 3 is 2.05 bits per heavy atom. The van der Waals surface area contributed by atoms with Gasteiger partial charge in [0.1, 0.15) is 12.6 Å². The first kappa shape index (κ1) is 50.9. The predicted molar refractivity (Wildman–Crippen MR) is 210 cm³/mol. The maximum atomic E-state index is 12.6. The topological polar surface area (TPSA) is 232 Å². The number of ether oxygens (including phenoxy) is 2. The van der Waals surface area contributed by atoms with E-state index in [1.165, 1.54) is 12.8 Å². The highest BCUT2D eigenvalue weighted by atomic mass is 31.2. The van der Waals surface area contributed by atoms with E-state index in [2.05, 4.69) is 30.5 Å². The summed E-state index contributed by atoms with van der Waals surface area (Å²) in [4.78, 5) is 46.0. The Morgan fingerprint density at radius 1 is 0.782 bits per heavy atom. The van der Waals surface area contributed by atoms with Crippen LogP contribution in [0, 0.1) is 11.8 Å². The van der Waals surface area contributed by atoms with Crippen LogP contribution in [0.1, 0.15) is 149 Å². The molecule has 0 heterocycles. The molecule has 1 unspecified atom stereocenters. The average molecular weight is 806 g/mol. The van der Waals surface area contributed by atoms with Gasteiger partial charge in [0.25, 0.3) is 0 Å². The Morgan fingerprint density at radius 2 is 1.38 bits per heavy atom. The normalized spacial score (nSPS) is 21.4. The van der Waals surface area contributed by atoms with Gasteiger partial charge in [-0.3, -0.25) is 23.4 Å². The molecule has 8 atom stereocenters. The number of carbonyl (C=O) groups excluding carboxylic acids is 2. The lowest BCUT2D eigenvalue weighted by atomic mass is 9.88. The van der Waals surface area contributed by atoms with Gasteiger partial charge in [0.15, 0.2) is 6.10 Å². The number of aliphatic carboxylic acids is 1. The zero-order valence-electron chi connectivity index (χ0n) is 33.3. The minimum Gasteiger partial charge on any atom is -0.480 e. The number of nitrogens with two attached hydrogens (primary N) is 1. The summed E-state index contributed by atoms with van der Waals surface area (Å²) in [6.45, 7) is 2.42. The Balaban J connectivity index is 2.50. The summed E-state index contributed by atoms with van der Waals surface area (Å²) in [6.07, 6.45) is 21.8. The standard InChI is InChI=1S/C40H72NO13P/c1-3-5-7-8-9-10-11-12-13-14-20-24-39(46)54-32(29-52-55(49,50)53-30-35(41)40(47)48)28-51-38(45)23-19-16-15-18-22-33-34(37(44)27-36(33)43)26-25-31(42)21-17-6-4-2/h8-9,25-26,31-37,42-44H,3-7,10-24,27-30,41H2,1-2H3,(H,47,48)(H,49,50)/b9-8-,26-25+/t31-,32+,33+,34+,35-,36-,37+/m0/s1. The van der Waals surface area contributed by atoms with Gasteiger partial charge < -0.3 is 40.5 Å². The molecule has 0 amide bonds. The Hall–Kier alpha value is -2.16. The highest BCUT2D eigenvalue weighted by molar-refractivity contribution is 7.47. The number of phosphoric acid groups is 1. The molecule has 55 heavy (non-hydrogen) atoms. The third-order valence-corrected chi connectivity index (χ3v) is 10.7. The van der Waals surface area contributed by atoms with Crippen molar-refractivity contribution in [1.82, 2.24) is 0 Å². The summed E-state index contributed by atoms with van der Waals surface area (Å²) in [7, 11) is -4.77. The van der Waals surface area contributed by atoms with Crippen molar-refractivity contribution in [3.8, 4) is 0 Å². The molecule has 1 saturated carbocycles. The van der Waals surface area contributed by atoms with Crippen molar-refractivity contribution < 1.29 is 62.8 Å². The lowest BCUT2D eigenvalue weighted by Gasteiger charge is -2.21. The fraction of sp³-hybridized carbons (Fsp3) is 0.825. The summed E-state index contributed by atoms with van der Waals surface area (Å²) < 4.78 is 32.6. The molecule has 7 N–H and O–H groups in total. The van der Waals surface area contributed by atoms with Crippen molar-refractivity contribution in [2.75, 3.05) is 19.8 Å². The van der Waals surface area contributed by atoms with E-state index in [0.29, 0.717) is 32.1 Å². The van der Waals surface area contributed by atoms with Crippen LogP contribution >= 0.6 is 7.82 Å². The molecule has 0 saturated heterocycles. The number of phosphoric ester groups is 1. The molecule has 1 aliphatic rings. The van der Waals surface area contributed by atoms with Gasteiger partial charge in [-0.15, -0.1) is 0 Å². The fourth-order valence-electron chi connectivity index (χ4n) is 6.44. The van der Waals surface area contributed by atoms with E-state index in [9.17, 15) is 39.2 Å². The largest absolute Gasteiger partial charge is 0.480 e. The van der Waals surface area contributed by atoms with Crippen molar-refractivity contribution in [2.45, 2.75) is 179 Å². The van der Waals surface area contributed by atoms with Crippen LogP contribution in [-0.2, 0) is 37.5 Å². The Kier molecular flexibility index (Phi) is 28.6. The van der Waals surface area contributed by atoms with Gasteiger partial charge in [-0.2, -0.15) is 0 Å². The zero-order valence-corrected chi connectivity index (χ0v) is 34.2. The summed E-state index contributed by atoms with van der Waals surface area (Å²) in [5.74, 6) is -2.89. The third kappa shape index (κ3) is 25.7. The molecule has 0 aromatic carbocycles. The molecular formula is C40H72NO13P. The van der Waals surface area contributed by atoms with Crippen LogP contribution in [0.25, 0.3) is 0 Å². The van der Waals surface area contributed by atoms with Crippen LogP contribution in [0.3, 0.4) is 0 Å². The van der Waals surface area contributed by atoms with Gasteiger partial charge in [0.2, 0.25) is 0 Å². The predicted octanol–water partition coefficient (Wildman–Crippen LogP) is 6.66. The molecule has 1 fully saturated rings. The van der Waals surface area contributed by atoms with E-state index in [4.69, 9.17) is 24.8 Å². The number of carboxylic acid groups (broad SMARTS) is 1. The number of carboxylic acids is 1. The number of aliphatic hydroxyl groups excluding tert-OH is 3. The van der Waals surface area contributed by atoms with Gasteiger partial charge in [-0.05, 0) is 50.9 Å². The molecular weight excluding hydrogens is 733 g/mol. The molecule has 15 heteroatoms. The minimum atomic E-state index is -4.77. The molecule has 1 rings (SSSR count). The average Bonchev–Trinajstić information content (AvgIpc) is 3.41. The molecule has 320 valence electrons. The van der Waals surface area contributed by atoms with Gasteiger partial charge >= 0.3 is 25.7 Å². The van der Waals surface area contributed by atoms with Crippen molar-refractivity contribution >= 4 is 25.7 Å². The Bertz CT molecular complexity index is 1150. The van der Waals surface area contributed by atoms with Gasteiger partial charge in [-0.1, -0.05) is 109 Å². The molecule has 0 bridgehead atoms. The van der Waals surface area contributed by atoms with E-state index >= 15 is 0 Å². The molecule has 1 aliphatic carbocycles. The van der Waals surface area contributed by atoms with Crippen LogP contribution < -0.4 is 5.73 Å². The smallest absolute Gasteiger partial charge is 0.472 e. The highest BCUT2D eigenvalue weighted by Gasteiger charge is 2.39. The maximum Gasteiger partial charge on any atom is 0.472 e. The van der Waals surface area contributed by atoms with E-state index in [1.54, 1.807) is 6.08 Å². The second-order valence-electron chi connectivity index (χ2n) is 14.7. The van der Waals surface area contributed by atoms with Gasteiger partial charge in [-0.25, -0.2) is 4.57 Å². The lowest BCUT2D eigenvalue weighted by molar-refractivity contribution is -0.161. The van der Waals surface area contributed by atoms with Crippen LogP contribution in [0.5, 0.6) is 0 Å². The first-order valence-corrected chi connectivity index (χ1v) is 22.1. The number of allylic oxidation sites excluding steroid dienone is 2. The number of hydrogen-bond acceptors (Lipinski definition) is 12. The first-order valence-electron chi connectivity index (χ1n) is 20.6. The second-order valence-corrected chi connectivity index (χ2v) is 16.2. The van der Waals surface area contributed by atoms with Crippen LogP contribution in [0.2, 0.25) is 0 Å². The van der Waals surface area contributed by atoms with Gasteiger partial charge in [0, 0.05) is 25.2 Å². The molecule has 0 aromatic heterocycles. The molecule has 0 spiro atoms. The summed E-state index contributed by atoms with van der Waals surface area (Å²) >= 11 is 0. The zero-order chi connectivity index (χ0) is 40.9. The number of unbranched alkanes of at least 4 members (excludes halogenated alkanes) is 12. The van der Waals surface area contributed by atoms with Crippen LogP contribution in [0.15, 0.2) is 24.3 Å². The van der Waals surface area contributed by atoms with Crippen LogP contribution in [0.4, 0.5) is 0 Å². The van der Waals surface area contributed by atoms with Crippen molar-refractivity contribution in [2.24, 2.45) is 17.6 Å². The van der Waals surface area contributed by atoms with E-state index in [0.717, 1.165) is 77.0 Å². The van der Waals surface area contributed by atoms with E-state index < -0.39 is 76.0 Å². The van der Waals surface area contributed by atoms with E-state index in [-0.39, 0.29) is 24.7 Å². The number of rotatable bonds is 34. The van der Waals surface area contributed by atoms with Crippen molar-refractivity contribution in [3.05, 3.63) is 24.3 Å². The number of hydrogen-bond donors (Lipinski definition) is 6. The van der Waals surface area contributed by atoms with Crippen LogP contribution in [-0.4, -0.2) is 93.5 Å². The number of carbonyl (C=O) groups is 3. The maximum absolute atomic E-state index is 12.6. The third-order valence-electron chi connectivity index (χ3n) is 9.77. The first-order chi connectivity index (χ1) is 26.3. The Labute approximate surface area is 328 Å². The fourth-order valence-corrected chi connectivity index (χ4v) is 7.21. The lowest BCUT2D eigenvalue weighted by Crippen LogP contribution is -2.34. The SMILES string of the molecule is CCCC/C=C\CCCCCCCC(=O)O[C@H](COC(=O)CCCCCC[C@@H]1[C@@H](/C=C/[C@@H](O)CCCCC)[C@H](O)C[C@@H]1O)COP(=O)(O)OC[C@H](N)C(=O)O. The van der Waals surface area contributed by atoms with E-state index in [1.807, 2.05) is 6.08 Å². The van der Waals surface area contributed by atoms with Gasteiger partial charge in [0.05, 0.1) is 31.5 Å². The molecule has 0 aromatic rings. The number of esters is 2. The quantitative estimate of drug-likeness (QED) is 0.0173. The summed E-state index contributed by atoms with van der Waals surface area (Å²) in [6, 6.07) is -1.55. The monoisotopic (exact) mass is 805 g/mol. The molecule has 0 aliphatic heterocycles. The minimum absolute atomic E-state index is 0.0940. The van der Waals surface area contributed by atoms with Crippen molar-refractivity contribution in [1.29, 1.82) is 0 Å². The molecule has 14 nitrogen and oxygen atoms in total. The summed E-state index contributed by atoms with van der Waals surface area (Å²) in [5, 5.41) is 40.2. The summed E-state index contributed by atoms with van der Waals surface area (Å²) in [5.41, 5.74) is 5.32. The number of aliphatic hydroxyl groups is 3. The molecule has 0 radical (unpaired) electrons. The highest BCUT2D eigenvalue weighted by Crippen LogP contribution is 2.43. The second kappa shape index (κ2) is 30.9. The van der Waals surface area contributed by atoms with Crippen molar-refractivity contribution in [3.63, 3.8) is 0 Å².